The number of sulfonamides is 1. The van der Waals surface area contributed by atoms with Crippen LogP contribution >= 0.6 is 84.3 Å². The molecule has 10 rings (SSSR count). The van der Waals surface area contributed by atoms with Crippen LogP contribution in [0.25, 0.3) is 54.8 Å². The molecule has 5 aromatic carbocycles. The van der Waals surface area contributed by atoms with Gasteiger partial charge in [-0.15, -0.1) is 24.0 Å². The van der Waals surface area contributed by atoms with E-state index >= 15 is 0 Å². The van der Waals surface area contributed by atoms with E-state index in [9.17, 15) is 44.5 Å². The lowest BCUT2D eigenvalue weighted by Gasteiger charge is -1.96. The second-order valence-corrected chi connectivity index (χ2v) is 29.0. The highest BCUT2D eigenvalue weighted by Crippen LogP contribution is 2.61. The van der Waals surface area contributed by atoms with Gasteiger partial charge in [0.2, 0.25) is 19.1 Å². The number of nitrogens with two attached hydrogens (primary N) is 2. The maximum Gasteiger partial charge on any atom is 0.353 e. The van der Waals surface area contributed by atoms with Crippen molar-refractivity contribution < 1.29 is 90.1 Å². The molecule has 10 aromatic rings. The number of aromatic hydroxyl groups is 1. The minimum absolute atomic E-state index is 0. The molecule has 0 aliphatic carbocycles. The number of aliphatic carboxylic acids is 1. The van der Waals surface area contributed by atoms with Gasteiger partial charge in [0, 0.05) is 42.9 Å². The van der Waals surface area contributed by atoms with Crippen molar-refractivity contribution in [1.29, 1.82) is 0 Å². The maximum atomic E-state index is 10.8. The predicted molar refractivity (Wildman–Crippen MR) is 311 cm³/mol. The van der Waals surface area contributed by atoms with Gasteiger partial charge in [0.1, 0.15) is 51.4 Å². The van der Waals surface area contributed by atoms with Gasteiger partial charge in [-0.25, -0.2) is 32.7 Å². The van der Waals surface area contributed by atoms with E-state index in [0.29, 0.717) is 66.5 Å². The van der Waals surface area contributed by atoms with Gasteiger partial charge in [0.15, 0.2) is 22.3 Å². The number of carboxylic acids is 1. The lowest BCUT2D eigenvalue weighted by atomic mass is 10.2. The molecule has 28 nitrogen and oxygen atoms in total. The highest BCUT2D eigenvalue weighted by Gasteiger charge is 2.17. The Morgan fingerprint density at radius 1 is 0.543 bits per heavy atom. The third-order valence-corrected chi connectivity index (χ3v) is 11.0. The van der Waals surface area contributed by atoms with E-state index in [1.807, 2.05) is 12.1 Å². The average Bonchev–Trinajstić information content (AvgIpc) is 4.14. The number of fused-ring (bicyclic) bond motifs is 5. The Kier molecular flexibility index (Phi) is 30.4. The third kappa shape index (κ3) is 28.8. The van der Waals surface area contributed by atoms with Crippen LogP contribution in [0.15, 0.2) is 155 Å². The van der Waals surface area contributed by atoms with Crippen molar-refractivity contribution in [1.82, 2.24) is 26.8 Å². The molecule has 5 aromatic heterocycles. The van der Waals surface area contributed by atoms with Crippen LogP contribution < -0.4 is 22.8 Å². The monoisotopic (exact) mass is 1440 g/mol. The molecule has 0 atom stereocenters. The fraction of sp³-hybridized carbons (Fsp3) is 0.0952. The molecule has 0 aliphatic rings. The zero-order valence-electron chi connectivity index (χ0n) is 40.2. The van der Waals surface area contributed by atoms with E-state index in [0.717, 1.165) is 11.5 Å². The molecule has 0 spiro atoms. The molecule has 0 unspecified atom stereocenters. The average molecular weight is 1440 g/mol. The van der Waals surface area contributed by atoms with Crippen LogP contribution in [0.3, 0.4) is 0 Å². The van der Waals surface area contributed by atoms with E-state index in [-0.39, 0.29) is 59.5 Å². The number of rotatable bonds is 8. The first-order chi connectivity index (χ1) is 36.7. The summed E-state index contributed by atoms with van der Waals surface area (Å²) in [7, 11) is -6.23. The van der Waals surface area contributed by atoms with Gasteiger partial charge in [0.05, 0.1) is 17.9 Å². The number of benzene rings is 5. The third-order valence-electron chi connectivity index (χ3n) is 8.72. The molecular weight excluding hydrogens is 1400 g/mol. The second kappa shape index (κ2) is 33.5. The maximum absolute atomic E-state index is 10.8. The van der Waals surface area contributed by atoms with Gasteiger partial charge in [-0.3, -0.25) is 18.5 Å². The van der Waals surface area contributed by atoms with E-state index < -0.39 is 61.1 Å². The largest absolute Gasteiger partial charge is 0.507 e. The standard InChI is InChI=1S/C9H7NO3.C9H6O3.C8H6ClNO3S.C8H8N2O3S.C8H7NO4S.Cl3OP.ClHO3S.HI.H3NO.H3N/c11-9(12)5-7-6-3-1-2-4-8(6)13-10-7;10-7-5-9(11)12-8-4-2-1-3-6(7)8;2*9-14(11,12)5-7-6-3-1-2-4-8(6)13-10-7;10-14(11,12)5-7-6-3-1-2-4-8(6)13-9-7;2*1-5(2,3)4;;1-2;/h1-4H,5H2,(H,11,12);1-5,10H;1-4H,5H2;1-4H,5H2,(H2,9,11,12);1-4H,5H2,(H,10,11,12);;(H,2,3,4);1H;2H,1H2;1H3. The van der Waals surface area contributed by atoms with Gasteiger partial charge >= 0.3 is 26.1 Å². The summed E-state index contributed by atoms with van der Waals surface area (Å²) in [5, 5.41) is 43.9. The lowest BCUT2D eigenvalue weighted by Crippen LogP contribution is -2.14. The van der Waals surface area contributed by atoms with Crippen LogP contribution in [0.4, 0.5) is 0 Å². The Balaban J connectivity index is 0.000000479. The quantitative estimate of drug-likeness (QED) is 0.0175. The first-order valence-electron chi connectivity index (χ1n) is 20.5. The predicted octanol–water partition coefficient (Wildman–Crippen LogP) is 9.63. The van der Waals surface area contributed by atoms with Crippen molar-refractivity contribution in [3.63, 3.8) is 0 Å². The Morgan fingerprint density at radius 3 is 1.15 bits per heavy atom. The van der Waals surface area contributed by atoms with Crippen molar-refractivity contribution in [3.8, 4) is 5.75 Å². The first-order valence-corrected chi connectivity index (χ1v) is 33.0. The highest BCUT2D eigenvalue weighted by atomic mass is 127. The smallest absolute Gasteiger partial charge is 0.353 e. The summed E-state index contributed by atoms with van der Waals surface area (Å²) in [6.07, 6.45) is -0.100. The number of hydrogen-bond donors (Lipinski definition) is 8. The second-order valence-electron chi connectivity index (χ2n) is 14.5. The van der Waals surface area contributed by atoms with Crippen LogP contribution in [-0.4, -0.2) is 84.8 Å². The molecular formula is C42H42Cl5IN7O21PS4. The topological polar surface area (TPSA) is 493 Å². The fourth-order valence-electron chi connectivity index (χ4n) is 5.96. The van der Waals surface area contributed by atoms with Crippen molar-refractivity contribution in [3.05, 3.63) is 161 Å². The molecule has 81 heavy (non-hydrogen) atoms. The van der Waals surface area contributed by atoms with Crippen molar-refractivity contribution in [2.75, 3.05) is 0 Å². The van der Waals surface area contributed by atoms with E-state index in [4.69, 9.17) is 66.2 Å². The minimum atomic E-state index is -4.19. The molecule has 0 bridgehead atoms. The zero-order chi connectivity index (χ0) is 59.4. The van der Waals surface area contributed by atoms with Gasteiger partial charge in [-0.05, 0) is 94.4 Å². The molecule has 442 valence electrons. The lowest BCUT2D eigenvalue weighted by molar-refractivity contribution is -0.136. The number of carbonyl (C=O) groups is 1. The summed E-state index contributed by atoms with van der Waals surface area (Å²) < 4.78 is 132. The minimum Gasteiger partial charge on any atom is -0.507 e. The van der Waals surface area contributed by atoms with Crippen LogP contribution in [-0.2, 0) is 71.6 Å². The molecule has 0 saturated heterocycles. The fourth-order valence-corrected chi connectivity index (χ4v) is 7.94. The first kappa shape index (κ1) is 73.4. The van der Waals surface area contributed by atoms with Crippen LogP contribution in [0.1, 0.15) is 22.8 Å². The number of para-hydroxylation sites is 5. The molecule has 0 fully saturated rings. The van der Waals surface area contributed by atoms with Crippen LogP contribution in [0.2, 0.25) is 0 Å². The summed E-state index contributed by atoms with van der Waals surface area (Å²) in [5.74, 6) is 1.42. The molecule has 0 aliphatic heterocycles. The number of halogens is 6. The molecule has 0 saturated carbocycles. The number of hydrogen-bond acceptors (Lipinski definition) is 24. The van der Waals surface area contributed by atoms with E-state index in [1.165, 1.54) is 0 Å². The highest BCUT2D eigenvalue weighted by molar-refractivity contribution is 14.0. The summed E-state index contributed by atoms with van der Waals surface area (Å²) >= 11 is 13.8. The Hall–Kier alpha value is -5.57. The summed E-state index contributed by atoms with van der Waals surface area (Å²) in [6, 6.07) is 36.0. The van der Waals surface area contributed by atoms with Gasteiger partial charge < -0.3 is 44.1 Å². The van der Waals surface area contributed by atoms with Crippen LogP contribution in [0, 0.1) is 0 Å². The number of aromatic nitrogens is 4. The van der Waals surface area contributed by atoms with E-state index in [1.54, 1.807) is 109 Å². The van der Waals surface area contributed by atoms with Crippen molar-refractivity contribution in [2.24, 2.45) is 11.0 Å². The SMILES string of the molecule is I.N.NO.NS(=O)(=O)Cc1noc2ccccc12.O=C(O)Cc1noc2ccccc12.O=P(Cl)(Cl)Cl.O=S(=O)(Cl)Cc1noc2ccccc12.O=S(=O)(O)Cc1noc2ccccc12.O=S(=O)(O)Cl.O=c1cc(O)c2ccccc2o1. The summed E-state index contributed by atoms with van der Waals surface area (Å²) in [5.41, 5.74) is 3.51. The number of nitrogens with zero attached hydrogens (tertiary/aromatic N) is 4. The van der Waals surface area contributed by atoms with Gasteiger partial charge in [-0.1, -0.05) is 81.3 Å². The van der Waals surface area contributed by atoms with Crippen LogP contribution in [0.5, 0.6) is 5.75 Å². The molecule has 5 heterocycles. The Bertz CT molecular complexity index is 3960. The zero-order valence-corrected chi connectivity index (χ0v) is 50.5. The normalized spacial score (nSPS) is 11.0. The summed E-state index contributed by atoms with van der Waals surface area (Å²) in [4.78, 5) is 21.2. The molecule has 0 amide bonds. The Morgan fingerprint density at radius 2 is 0.827 bits per heavy atom. The van der Waals surface area contributed by atoms with Crippen molar-refractivity contribution >= 4 is 184 Å². The molecule has 39 heteroatoms. The van der Waals surface area contributed by atoms with Crippen molar-refractivity contribution in [2.45, 2.75) is 23.7 Å². The Labute approximate surface area is 497 Å². The van der Waals surface area contributed by atoms with Gasteiger partial charge in [0.25, 0.3) is 10.1 Å². The number of carboxylic acid groups (broad SMARTS) is 1. The number of primary sulfonamides is 1. The van der Waals surface area contributed by atoms with E-state index in [2.05, 4.69) is 70.9 Å². The molecule has 12 N–H and O–H groups in total. The molecule has 0 radical (unpaired) electrons. The van der Waals surface area contributed by atoms with Gasteiger partial charge in [-0.2, -0.15) is 16.8 Å². The summed E-state index contributed by atoms with van der Waals surface area (Å²) in [6.45, 7) is 0.